The highest BCUT2D eigenvalue weighted by molar-refractivity contribution is 8.84. The Labute approximate surface area is 46.6 Å². The van der Waals surface area contributed by atoms with Gasteiger partial charge in [0.1, 0.15) is 0 Å². The van der Waals surface area contributed by atoms with Crippen LogP contribution in [0.25, 0.3) is 0 Å². The molecule has 0 heterocycles. The molecule has 0 aromatic heterocycles. The first-order valence-electron chi connectivity index (χ1n) is 1.43. The SMILES string of the molecule is CS[PH](=O)SC. The molecule has 0 aromatic rings. The predicted octanol–water partition coefficient (Wildman–Crippen LogP) is 2.10. The third kappa shape index (κ3) is 3.13. The molecule has 0 rings (SSSR count). The summed E-state index contributed by atoms with van der Waals surface area (Å²) in [5, 5.41) is 0. The number of hydrogen-bond donors (Lipinski definition) is 0. The molecule has 0 aliphatic carbocycles. The van der Waals surface area contributed by atoms with E-state index < -0.39 is 6.20 Å². The molecular formula is C2H7OPS2. The second-order valence-corrected chi connectivity index (χ2v) is 7.42. The summed E-state index contributed by atoms with van der Waals surface area (Å²) in [6.07, 6.45) is 2.43. The van der Waals surface area contributed by atoms with E-state index in [1.807, 2.05) is 12.5 Å². The molecule has 0 aliphatic heterocycles. The zero-order chi connectivity index (χ0) is 4.99. The van der Waals surface area contributed by atoms with Crippen molar-refractivity contribution in [3.8, 4) is 0 Å². The minimum atomic E-state index is -1.28. The van der Waals surface area contributed by atoms with Crippen LogP contribution >= 0.6 is 29.0 Å². The van der Waals surface area contributed by atoms with Crippen molar-refractivity contribution in [1.82, 2.24) is 0 Å². The van der Waals surface area contributed by atoms with Crippen molar-refractivity contribution in [1.29, 1.82) is 0 Å². The summed E-state index contributed by atoms with van der Waals surface area (Å²) >= 11 is 2.87. The van der Waals surface area contributed by atoms with Crippen LogP contribution in [0.15, 0.2) is 0 Å². The predicted molar refractivity (Wildman–Crippen MR) is 36.0 cm³/mol. The largest absolute Gasteiger partial charge is 0.304 e. The van der Waals surface area contributed by atoms with Gasteiger partial charge in [0.05, 0.1) is 0 Å². The lowest BCUT2D eigenvalue weighted by Gasteiger charge is -1.83. The van der Waals surface area contributed by atoms with E-state index in [0.717, 1.165) is 0 Å². The fraction of sp³-hybridized carbons (Fsp3) is 1.00. The Kier molecular flexibility index (Phi) is 4.73. The van der Waals surface area contributed by atoms with Crippen molar-refractivity contribution in [2.75, 3.05) is 12.5 Å². The van der Waals surface area contributed by atoms with Crippen molar-refractivity contribution < 1.29 is 4.57 Å². The highest BCUT2D eigenvalue weighted by Crippen LogP contribution is 2.46. The third-order valence-electron chi connectivity index (χ3n) is 0.333. The number of hydrogen-bond acceptors (Lipinski definition) is 3. The highest BCUT2D eigenvalue weighted by atomic mass is 33.1. The van der Waals surface area contributed by atoms with Crippen LogP contribution in [0.5, 0.6) is 0 Å². The molecule has 0 amide bonds. The minimum absolute atomic E-state index is 1.28. The maximum absolute atomic E-state index is 10.3. The van der Waals surface area contributed by atoms with E-state index in [9.17, 15) is 4.57 Å². The molecule has 0 radical (unpaired) electrons. The van der Waals surface area contributed by atoms with Crippen molar-refractivity contribution in [2.24, 2.45) is 0 Å². The summed E-state index contributed by atoms with van der Waals surface area (Å²) < 4.78 is 10.3. The van der Waals surface area contributed by atoms with Crippen molar-refractivity contribution in [2.45, 2.75) is 0 Å². The molecule has 0 atom stereocenters. The second kappa shape index (κ2) is 4.10. The first-order valence-corrected chi connectivity index (χ1v) is 6.74. The molecule has 1 nitrogen and oxygen atoms in total. The molecule has 0 saturated heterocycles. The first kappa shape index (κ1) is 6.93. The zero-order valence-electron chi connectivity index (χ0n) is 3.72. The number of rotatable bonds is 2. The van der Waals surface area contributed by atoms with Crippen molar-refractivity contribution >= 4 is 29.0 Å². The molecule has 0 fully saturated rings. The van der Waals surface area contributed by atoms with Crippen molar-refractivity contribution in [3.63, 3.8) is 0 Å². The molecule has 38 valence electrons. The summed E-state index contributed by atoms with van der Waals surface area (Å²) in [7, 11) is 0. The fourth-order valence-corrected chi connectivity index (χ4v) is 2.25. The summed E-state index contributed by atoms with van der Waals surface area (Å²) in [6, 6.07) is 0. The third-order valence-corrected chi connectivity index (χ3v) is 6.00. The molecule has 0 aromatic carbocycles. The summed E-state index contributed by atoms with van der Waals surface area (Å²) in [4.78, 5) is 0. The van der Waals surface area contributed by atoms with Gasteiger partial charge in [-0.05, 0) is 12.5 Å². The maximum atomic E-state index is 10.3. The molecule has 0 bridgehead atoms. The average Bonchev–Trinajstić information content (AvgIpc) is 1.65. The molecule has 6 heavy (non-hydrogen) atoms. The van der Waals surface area contributed by atoms with E-state index in [1.54, 1.807) is 0 Å². The Morgan fingerprint density at radius 3 is 1.67 bits per heavy atom. The van der Waals surface area contributed by atoms with Gasteiger partial charge in [-0.15, -0.1) is 0 Å². The lowest BCUT2D eigenvalue weighted by Crippen LogP contribution is -1.34. The van der Waals surface area contributed by atoms with Gasteiger partial charge in [0.2, 0.25) is 0 Å². The van der Waals surface area contributed by atoms with Crippen LogP contribution in [-0.4, -0.2) is 12.5 Å². The topological polar surface area (TPSA) is 17.1 Å². The summed E-state index contributed by atoms with van der Waals surface area (Å²) in [5.74, 6) is 0. The van der Waals surface area contributed by atoms with Crippen molar-refractivity contribution in [3.05, 3.63) is 0 Å². The standard InChI is InChI=1S/C2H7OPS2/c1-5-4(3)6-2/h4H,1-2H3. The molecule has 4 heteroatoms. The van der Waals surface area contributed by atoms with Crippen LogP contribution in [0.2, 0.25) is 0 Å². The van der Waals surface area contributed by atoms with Crippen LogP contribution in [-0.2, 0) is 4.57 Å². The van der Waals surface area contributed by atoms with E-state index in [4.69, 9.17) is 0 Å². The van der Waals surface area contributed by atoms with E-state index in [1.165, 1.54) is 22.8 Å². The van der Waals surface area contributed by atoms with E-state index in [-0.39, 0.29) is 0 Å². The molecule has 0 saturated carbocycles. The Bertz CT molecular complexity index is 49.5. The van der Waals surface area contributed by atoms with Gasteiger partial charge in [0, 0.05) is 0 Å². The molecule has 0 spiro atoms. The maximum Gasteiger partial charge on any atom is 0.179 e. The van der Waals surface area contributed by atoms with Gasteiger partial charge in [0.25, 0.3) is 0 Å². The van der Waals surface area contributed by atoms with Crippen LogP contribution in [0.4, 0.5) is 0 Å². The Morgan fingerprint density at radius 1 is 1.33 bits per heavy atom. The minimum Gasteiger partial charge on any atom is -0.304 e. The quantitative estimate of drug-likeness (QED) is 0.549. The van der Waals surface area contributed by atoms with Crippen LogP contribution in [0.3, 0.4) is 0 Å². The molecule has 0 N–H and O–H groups in total. The molecule has 0 unspecified atom stereocenters. The fourth-order valence-electron chi connectivity index (χ4n) is 0.0833. The monoisotopic (exact) mass is 142 g/mol. The van der Waals surface area contributed by atoms with E-state index in [0.29, 0.717) is 0 Å². The lowest BCUT2D eigenvalue weighted by molar-refractivity contribution is 0.603. The molecule has 0 aliphatic rings. The summed E-state index contributed by atoms with van der Waals surface area (Å²) in [6.45, 7) is 0. The van der Waals surface area contributed by atoms with Gasteiger partial charge in [-0.25, -0.2) is 0 Å². The highest BCUT2D eigenvalue weighted by Gasteiger charge is 1.85. The Morgan fingerprint density at radius 2 is 1.67 bits per heavy atom. The van der Waals surface area contributed by atoms with Gasteiger partial charge in [-0.2, -0.15) is 0 Å². The summed E-state index contributed by atoms with van der Waals surface area (Å²) in [5.41, 5.74) is 0. The second-order valence-electron chi connectivity index (χ2n) is 0.658. The molecular weight excluding hydrogens is 135 g/mol. The van der Waals surface area contributed by atoms with Gasteiger partial charge in [-0.3, -0.25) is 0 Å². The van der Waals surface area contributed by atoms with Crippen LogP contribution in [0, 0.1) is 0 Å². The lowest BCUT2D eigenvalue weighted by atomic mass is 12.0. The van der Waals surface area contributed by atoms with Gasteiger partial charge >= 0.3 is 0 Å². The van der Waals surface area contributed by atoms with E-state index >= 15 is 0 Å². The Balaban J connectivity index is 2.99. The normalized spacial score (nSPS) is 9.83. The van der Waals surface area contributed by atoms with Crippen LogP contribution in [0.1, 0.15) is 0 Å². The average molecular weight is 142 g/mol. The van der Waals surface area contributed by atoms with Gasteiger partial charge < -0.3 is 4.57 Å². The van der Waals surface area contributed by atoms with Gasteiger partial charge in [0.15, 0.2) is 6.20 Å². The van der Waals surface area contributed by atoms with Crippen LogP contribution < -0.4 is 0 Å². The zero-order valence-corrected chi connectivity index (χ0v) is 6.36. The van der Waals surface area contributed by atoms with Gasteiger partial charge in [-0.1, -0.05) is 22.8 Å². The first-order chi connectivity index (χ1) is 2.81. The smallest absolute Gasteiger partial charge is 0.179 e. The van der Waals surface area contributed by atoms with E-state index in [2.05, 4.69) is 0 Å². The Hall–Kier alpha value is 0.930.